The fourth-order valence-electron chi connectivity index (χ4n) is 2.93. The summed E-state index contributed by atoms with van der Waals surface area (Å²) in [6.45, 7) is 4.68. The zero-order valence-corrected chi connectivity index (χ0v) is 9.64. The zero-order valence-electron chi connectivity index (χ0n) is 9.64. The Morgan fingerprint density at radius 2 is 2.20 bits per heavy atom. The lowest BCUT2D eigenvalue weighted by atomic mass is 9.87. The first kappa shape index (κ1) is 9.26. The van der Waals surface area contributed by atoms with Gasteiger partial charge in [0, 0.05) is 11.0 Å². The van der Waals surface area contributed by atoms with Crippen molar-refractivity contribution >= 4 is 12.2 Å². The van der Waals surface area contributed by atoms with Crippen LogP contribution in [0.3, 0.4) is 0 Å². The van der Waals surface area contributed by atoms with Crippen LogP contribution in [0.1, 0.15) is 37.9 Å². The number of aryl methyl sites for hydroxylation is 1. The number of aromatic nitrogens is 1. The summed E-state index contributed by atoms with van der Waals surface area (Å²) in [5.41, 5.74) is 3.13. The minimum Gasteiger partial charge on any atom is -0.358 e. The summed E-state index contributed by atoms with van der Waals surface area (Å²) in [4.78, 5) is 3.61. The van der Waals surface area contributed by atoms with E-state index in [0.717, 1.165) is 11.8 Å². The molecule has 0 amide bonds. The normalized spacial score (nSPS) is 28.7. The van der Waals surface area contributed by atoms with Crippen LogP contribution in [0.15, 0.2) is 0 Å². The van der Waals surface area contributed by atoms with Crippen molar-refractivity contribution in [3.63, 3.8) is 0 Å². The van der Waals surface area contributed by atoms with Crippen LogP contribution < -0.4 is 10.6 Å². The smallest absolute Gasteiger partial charge is 0.0415 e. The average Bonchev–Trinajstić information content (AvgIpc) is 2.56. The van der Waals surface area contributed by atoms with Crippen LogP contribution in [-0.2, 0) is 12.8 Å². The third-order valence-corrected chi connectivity index (χ3v) is 3.85. The van der Waals surface area contributed by atoms with E-state index in [9.17, 15) is 0 Å². The third-order valence-electron chi connectivity index (χ3n) is 3.85. The van der Waals surface area contributed by atoms with E-state index < -0.39 is 0 Å². The van der Waals surface area contributed by atoms with Gasteiger partial charge in [0.2, 0.25) is 0 Å². The number of rotatable bonds is 0. The lowest BCUT2D eigenvalue weighted by Gasteiger charge is -2.18. The fourth-order valence-corrected chi connectivity index (χ4v) is 2.93. The number of nitrogens with one attached hydrogen (secondary N) is 1. The monoisotopic (exact) mass is 201 g/mol. The maximum absolute atomic E-state index is 3.61. The topological polar surface area (TPSA) is 15.8 Å². The summed E-state index contributed by atoms with van der Waals surface area (Å²) in [5, 5.41) is 2.92. The van der Waals surface area contributed by atoms with Crippen LogP contribution in [0.2, 0.25) is 0 Å². The number of H-pyrrole nitrogens is 1. The van der Waals surface area contributed by atoms with Crippen molar-refractivity contribution < 1.29 is 0 Å². The van der Waals surface area contributed by atoms with Gasteiger partial charge in [0.1, 0.15) is 0 Å². The molecule has 0 bridgehead atoms. The number of hydrogen-bond acceptors (Lipinski definition) is 0. The van der Waals surface area contributed by atoms with Crippen molar-refractivity contribution in [1.82, 2.24) is 4.98 Å². The summed E-state index contributed by atoms with van der Waals surface area (Å²) in [6, 6.07) is 0. The highest BCUT2D eigenvalue weighted by Gasteiger charge is 2.19. The van der Waals surface area contributed by atoms with Gasteiger partial charge in [-0.15, -0.1) is 0 Å². The fraction of sp³-hybridized carbons (Fsp3) is 0.571. The van der Waals surface area contributed by atoms with E-state index in [-0.39, 0.29) is 0 Å². The van der Waals surface area contributed by atoms with Crippen LogP contribution in [0, 0.1) is 11.8 Å². The minimum absolute atomic E-state index is 0.717. The highest BCUT2D eigenvalue weighted by atomic mass is 14.7. The summed E-state index contributed by atoms with van der Waals surface area (Å²) in [7, 11) is 0. The van der Waals surface area contributed by atoms with Crippen molar-refractivity contribution in [1.29, 1.82) is 0 Å². The first-order chi connectivity index (χ1) is 7.24. The third kappa shape index (κ3) is 1.45. The molecule has 1 N–H and O–H groups in total. The molecule has 1 aromatic rings. The van der Waals surface area contributed by atoms with Crippen LogP contribution in [0.25, 0.3) is 12.2 Å². The van der Waals surface area contributed by atoms with E-state index in [4.69, 9.17) is 0 Å². The van der Waals surface area contributed by atoms with Crippen LogP contribution in [-0.4, -0.2) is 4.98 Å². The van der Waals surface area contributed by atoms with E-state index in [1.165, 1.54) is 41.9 Å². The van der Waals surface area contributed by atoms with Crippen molar-refractivity contribution in [2.45, 2.75) is 39.5 Å². The second kappa shape index (κ2) is 3.26. The first-order valence-electron chi connectivity index (χ1n) is 6.16. The molecule has 15 heavy (non-hydrogen) atoms. The van der Waals surface area contributed by atoms with Crippen molar-refractivity contribution in [2.24, 2.45) is 11.8 Å². The molecular weight excluding hydrogens is 182 g/mol. The Hall–Kier alpha value is -0.980. The molecule has 2 unspecified atom stereocenters. The number of fused-ring (bicyclic) bond motifs is 3. The Morgan fingerprint density at radius 3 is 3.07 bits per heavy atom. The maximum atomic E-state index is 3.61. The maximum Gasteiger partial charge on any atom is 0.0415 e. The molecule has 2 atom stereocenters. The molecule has 0 radical (unpaired) electrons. The Bertz CT molecular complexity index is 492. The largest absolute Gasteiger partial charge is 0.358 e. The lowest BCUT2D eigenvalue weighted by molar-refractivity contribution is 0.496. The molecule has 3 rings (SSSR count). The molecule has 80 valence electrons. The highest BCUT2D eigenvalue weighted by Crippen LogP contribution is 2.21. The van der Waals surface area contributed by atoms with Crippen molar-refractivity contribution in [2.75, 3.05) is 0 Å². The SMILES string of the molecule is CC1C=c2c3c([nH]c2=CC1)CCC(C)C3. The first-order valence-corrected chi connectivity index (χ1v) is 6.16. The minimum atomic E-state index is 0.717. The van der Waals surface area contributed by atoms with Crippen LogP contribution in [0.4, 0.5) is 0 Å². The van der Waals surface area contributed by atoms with Crippen LogP contribution in [0.5, 0.6) is 0 Å². The second-order valence-corrected chi connectivity index (χ2v) is 5.34. The lowest BCUT2D eigenvalue weighted by Crippen LogP contribution is -2.29. The van der Waals surface area contributed by atoms with Gasteiger partial charge >= 0.3 is 0 Å². The van der Waals surface area contributed by atoms with E-state index in [1.54, 1.807) is 5.56 Å². The van der Waals surface area contributed by atoms with Gasteiger partial charge in [-0.25, -0.2) is 0 Å². The molecule has 1 heterocycles. The molecule has 1 aromatic heterocycles. The standard InChI is InChI=1S/C14H19N/c1-9-3-5-13-11(7-9)12-8-10(2)4-6-14(12)15-13/h5,7,9-10,15H,3-4,6,8H2,1-2H3. The van der Waals surface area contributed by atoms with Crippen LogP contribution >= 0.6 is 0 Å². The van der Waals surface area contributed by atoms with Gasteiger partial charge in [0.15, 0.2) is 0 Å². The molecule has 0 fully saturated rings. The Morgan fingerprint density at radius 1 is 1.33 bits per heavy atom. The van der Waals surface area contributed by atoms with E-state index >= 15 is 0 Å². The van der Waals surface area contributed by atoms with E-state index in [1.807, 2.05) is 0 Å². The van der Waals surface area contributed by atoms with Gasteiger partial charge in [-0.3, -0.25) is 0 Å². The molecule has 2 aliphatic carbocycles. The van der Waals surface area contributed by atoms with E-state index in [0.29, 0.717) is 0 Å². The summed E-state index contributed by atoms with van der Waals surface area (Å²) in [5.74, 6) is 1.58. The van der Waals surface area contributed by atoms with E-state index in [2.05, 4.69) is 31.0 Å². The van der Waals surface area contributed by atoms with Gasteiger partial charge in [-0.05, 0) is 48.3 Å². The molecule has 0 aliphatic heterocycles. The molecule has 1 heteroatoms. The summed E-state index contributed by atoms with van der Waals surface area (Å²) < 4.78 is 0. The Kier molecular flexibility index (Phi) is 2.01. The molecular formula is C14H19N. The Labute approximate surface area is 90.9 Å². The molecule has 1 nitrogen and oxygen atoms in total. The van der Waals surface area contributed by atoms with Gasteiger partial charge in [-0.1, -0.05) is 26.0 Å². The predicted molar refractivity (Wildman–Crippen MR) is 63.9 cm³/mol. The molecule has 0 saturated heterocycles. The molecule has 0 aromatic carbocycles. The second-order valence-electron chi connectivity index (χ2n) is 5.34. The predicted octanol–water partition coefficient (Wildman–Crippen LogP) is 1.74. The van der Waals surface area contributed by atoms with Gasteiger partial charge in [0.25, 0.3) is 0 Å². The summed E-state index contributed by atoms with van der Waals surface area (Å²) >= 11 is 0. The van der Waals surface area contributed by atoms with Gasteiger partial charge in [-0.2, -0.15) is 0 Å². The molecule has 0 saturated carbocycles. The number of hydrogen-bond donors (Lipinski definition) is 1. The quantitative estimate of drug-likeness (QED) is 0.658. The number of aromatic amines is 1. The molecule has 2 aliphatic rings. The average molecular weight is 201 g/mol. The Balaban J connectivity index is 2.22. The van der Waals surface area contributed by atoms with Crippen molar-refractivity contribution in [3.05, 3.63) is 21.8 Å². The van der Waals surface area contributed by atoms with Gasteiger partial charge < -0.3 is 4.98 Å². The van der Waals surface area contributed by atoms with Gasteiger partial charge in [0.05, 0.1) is 0 Å². The highest BCUT2D eigenvalue weighted by molar-refractivity contribution is 5.44. The summed E-state index contributed by atoms with van der Waals surface area (Å²) in [6.07, 6.45) is 9.91. The molecule has 0 spiro atoms. The zero-order chi connectivity index (χ0) is 10.4. The van der Waals surface area contributed by atoms with Crippen molar-refractivity contribution in [3.8, 4) is 0 Å².